The van der Waals surface area contributed by atoms with E-state index < -0.39 is 5.60 Å². The highest BCUT2D eigenvalue weighted by Crippen LogP contribution is 2.39. The van der Waals surface area contributed by atoms with E-state index in [1.54, 1.807) is 12.1 Å². The van der Waals surface area contributed by atoms with Crippen LogP contribution in [-0.4, -0.2) is 5.11 Å². The molecule has 20 heavy (non-hydrogen) atoms. The monoisotopic (exact) mass is 270 g/mol. The molecule has 104 valence electrons. The van der Waals surface area contributed by atoms with Crippen LogP contribution in [0.3, 0.4) is 0 Å². The zero-order valence-electron chi connectivity index (χ0n) is 11.9. The molecular weight excluding hydrogens is 251 g/mol. The number of hydrogen-bond acceptors (Lipinski definition) is 1. The third kappa shape index (κ3) is 2.25. The van der Waals surface area contributed by atoms with E-state index >= 15 is 0 Å². The van der Waals surface area contributed by atoms with Gasteiger partial charge >= 0.3 is 0 Å². The summed E-state index contributed by atoms with van der Waals surface area (Å²) in [5.74, 6) is -0.223. The quantitative estimate of drug-likeness (QED) is 0.879. The molecule has 1 nitrogen and oxygen atoms in total. The van der Waals surface area contributed by atoms with Gasteiger partial charge in [-0.2, -0.15) is 0 Å². The van der Waals surface area contributed by atoms with Gasteiger partial charge in [0.2, 0.25) is 0 Å². The topological polar surface area (TPSA) is 20.2 Å². The van der Waals surface area contributed by atoms with Gasteiger partial charge in [0.25, 0.3) is 0 Å². The molecule has 0 aliphatic heterocycles. The summed E-state index contributed by atoms with van der Waals surface area (Å²) in [5, 5.41) is 10.9. The van der Waals surface area contributed by atoms with Gasteiger partial charge < -0.3 is 5.11 Å². The maximum atomic E-state index is 13.3. The Bertz CT molecular complexity index is 662. The predicted molar refractivity (Wildman–Crippen MR) is 78.2 cm³/mol. The van der Waals surface area contributed by atoms with Crippen molar-refractivity contribution in [3.8, 4) is 0 Å². The normalized spacial score (nSPS) is 21.0. The van der Waals surface area contributed by atoms with Crippen LogP contribution < -0.4 is 0 Å². The molecule has 3 rings (SSSR count). The van der Waals surface area contributed by atoms with Crippen molar-refractivity contribution in [1.82, 2.24) is 0 Å². The molecule has 0 amide bonds. The minimum absolute atomic E-state index is 0.223. The van der Waals surface area contributed by atoms with Crippen LogP contribution in [0.4, 0.5) is 4.39 Å². The fourth-order valence-corrected chi connectivity index (χ4v) is 3.13. The highest BCUT2D eigenvalue weighted by Gasteiger charge is 2.36. The summed E-state index contributed by atoms with van der Waals surface area (Å²) in [4.78, 5) is 0. The Kier molecular flexibility index (Phi) is 3.14. The van der Waals surface area contributed by atoms with E-state index in [2.05, 4.69) is 32.0 Å². The molecule has 2 heteroatoms. The summed E-state index contributed by atoms with van der Waals surface area (Å²) >= 11 is 0. The molecule has 0 heterocycles. The molecule has 2 aromatic rings. The number of benzene rings is 2. The lowest BCUT2D eigenvalue weighted by Gasteiger charge is -2.24. The average molecular weight is 270 g/mol. The first-order chi connectivity index (χ1) is 9.48. The highest BCUT2D eigenvalue weighted by molar-refractivity contribution is 5.40. The van der Waals surface area contributed by atoms with E-state index in [9.17, 15) is 9.50 Å². The summed E-state index contributed by atoms with van der Waals surface area (Å²) in [6.07, 6.45) is 2.00. The second kappa shape index (κ2) is 4.71. The van der Waals surface area contributed by atoms with Crippen molar-refractivity contribution < 1.29 is 9.50 Å². The Balaban J connectivity index is 1.93. The van der Waals surface area contributed by atoms with E-state index in [4.69, 9.17) is 0 Å². The first-order valence-corrected chi connectivity index (χ1v) is 7.05. The number of aliphatic hydroxyl groups is 1. The van der Waals surface area contributed by atoms with Crippen molar-refractivity contribution in [1.29, 1.82) is 0 Å². The van der Waals surface area contributed by atoms with Gasteiger partial charge in [-0.05, 0) is 66.6 Å². The molecule has 1 atom stereocenters. The first-order valence-electron chi connectivity index (χ1n) is 7.05. The highest BCUT2D eigenvalue weighted by atomic mass is 19.1. The molecule has 1 aliphatic rings. The molecule has 0 aromatic heterocycles. The smallest absolute Gasteiger partial charge is 0.123 e. The summed E-state index contributed by atoms with van der Waals surface area (Å²) in [7, 11) is 0. The van der Waals surface area contributed by atoms with Gasteiger partial charge in [-0.1, -0.05) is 24.3 Å². The van der Waals surface area contributed by atoms with Gasteiger partial charge in [0.15, 0.2) is 0 Å². The van der Waals surface area contributed by atoms with Crippen LogP contribution in [0.5, 0.6) is 0 Å². The number of hydrogen-bond donors (Lipinski definition) is 1. The van der Waals surface area contributed by atoms with Crippen molar-refractivity contribution in [2.45, 2.75) is 38.7 Å². The lowest BCUT2D eigenvalue weighted by Crippen LogP contribution is -2.25. The number of fused-ring (bicyclic) bond motifs is 1. The molecule has 0 bridgehead atoms. The minimum atomic E-state index is -0.856. The van der Waals surface area contributed by atoms with Crippen molar-refractivity contribution in [3.05, 3.63) is 70.0 Å². The lowest BCUT2D eigenvalue weighted by molar-refractivity contribution is 0.0389. The van der Waals surface area contributed by atoms with Gasteiger partial charge in [0, 0.05) is 6.42 Å². The fourth-order valence-electron chi connectivity index (χ4n) is 3.13. The van der Waals surface area contributed by atoms with Crippen LogP contribution in [0.15, 0.2) is 36.4 Å². The van der Waals surface area contributed by atoms with Gasteiger partial charge in [-0.15, -0.1) is 0 Å². The van der Waals surface area contributed by atoms with Gasteiger partial charge in [-0.25, -0.2) is 4.39 Å². The summed E-state index contributed by atoms with van der Waals surface area (Å²) in [6, 6.07) is 11.0. The van der Waals surface area contributed by atoms with Crippen LogP contribution in [0.25, 0.3) is 0 Å². The maximum absolute atomic E-state index is 13.3. The van der Waals surface area contributed by atoms with E-state index in [0.717, 1.165) is 23.1 Å². The Morgan fingerprint density at radius 1 is 1.10 bits per heavy atom. The third-order valence-electron chi connectivity index (χ3n) is 4.44. The molecular formula is C18H19FO. The van der Waals surface area contributed by atoms with Crippen LogP contribution >= 0.6 is 0 Å². The SMILES string of the molecule is Cc1ccc(CC2(O)CCc3cc(F)ccc32)cc1C. The van der Waals surface area contributed by atoms with Crippen LogP contribution in [0.2, 0.25) is 0 Å². The summed E-state index contributed by atoms with van der Waals surface area (Å²) in [5.41, 5.74) is 4.60. The second-order valence-electron chi connectivity index (χ2n) is 5.93. The van der Waals surface area contributed by atoms with Crippen molar-refractivity contribution in [2.24, 2.45) is 0 Å². The van der Waals surface area contributed by atoms with Crippen LogP contribution in [0.1, 0.15) is 34.2 Å². The number of aryl methyl sites for hydroxylation is 3. The standard InChI is InChI=1S/C18H19FO/c1-12-3-4-14(9-13(12)2)11-18(20)8-7-15-10-16(19)5-6-17(15)18/h3-6,9-10,20H,7-8,11H2,1-2H3. The molecule has 1 aliphatic carbocycles. The molecule has 0 saturated carbocycles. The van der Waals surface area contributed by atoms with E-state index in [1.165, 1.54) is 17.2 Å². The van der Waals surface area contributed by atoms with Crippen LogP contribution in [-0.2, 0) is 18.4 Å². The molecule has 1 unspecified atom stereocenters. The Morgan fingerprint density at radius 3 is 2.65 bits per heavy atom. The molecule has 0 spiro atoms. The molecule has 2 aromatic carbocycles. The van der Waals surface area contributed by atoms with Crippen molar-refractivity contribution in [2.75, 3.05) is 0 Å². The van der Waals surface area contributed by atoms with Gasteiger partial charge in [0.05, 0.1) is 5.60 Å². The number of rotatable bonds is 2. The zero-order chi connectivity index (χ0) is 14.3. The molecule has 0 fully saturated rings. The largest absolute Gasteiger partial charge is 0.385 e. The van der Waals surface area contributed by atoms with E-state index in [0.29, 0.717) is 12.8 Å². The maximum Gasteiger partial charge on any atom is 0.123 e. The van der Waals surface area contributed by atoms with E-state index in [-0.39, 0.29) is 5.82 Å². The molecule has 0 saturated heterocycles. The lowest BCUT2D eigenvalue weighted by atomic mass is 9.88. The first kappa shape index (κ1) is 13.3. The van der Waals surface area contributed by atoms with Gasteiger partial charge in [0.1, 0.15) is 5.82 Å². The average Bonchev–Trinajstić information content (AvgIpc) is 2.71. The summed E-state index contributed by atoms with van der Waals surface area (Å²) in [6.45, 7) is 4.17. The number of halogens is 1. The van der Waals surface area contributed by atoms with Gasteiger partial charge in [-0.3, -0.25) is 0 Å². The summed E-state index contributed by atoms with van der Waals surface area (Å²) < 4.78 is 13.3. The minimum Gasteiger partial charge on any atom is -0.385 e. The molecule has 1 N–H and O–H groups in total. The van der Waals surface area contributed by atoms with Crippen LogP contribution in [0, 0.1) is 19.7 Å². The Hall–Kier alpha value is -1.67. The predicted octanol–water partition coefficient (Wildman–Crippen LogP) is 3.82. The third-order valence-corrected chi connectivity index (χ3v) is 4.44. The van der Waals surface area contributed by atoms with E-state index in [1.807, 2.05) is 0 Å². The molecule has 0 radical (unpaired) electrons. The second-order valence-corrected chi connectivity index (χ2v) is 5.93. The zero-order valence-corrected chi connectivity index (χ0v) is 11.9. The van der Waals surface area contributed by atoms with Crippen molar-refractivity contribution >= 4 is 0 Å². The van der Waals surface area contributed by atoms with Crippen molar-refractivity contribution in [3.63, 3.8) is 0 Å². The fraction of sp³-hybridized carbons (Fsp3) is 0.333. The Morgan fingerprint density at radius 2 is 1.90 bits per heavy atom. The Labute approximate surface area is 119 Å².